The van der Waals surface area contributed by atoms with E-state index in [2.05, 4.69) is 4.98 Å². The molecule has 0 aliphatic carbocycles. The number of hydrogen-bond donors (Lipinski definition) is 1. The van der Waals surface area contributed by atoms with Crippen LogP contribution in [0.25, 0.3) is 11.5 Å². The maximum absolute atomic E-state index is 12.2. The second-order valence-corrected chi connectivity index (χ2v) is 6.56. The highest BCUT2D eigenvalue weighted by Crippen LogP contribution is 2.32. The largest absolute Gasteiger partial charge is 0.490 e. The summed E-state index contributed by atoms with van der Waals surface area (Å²) in [5.41, 5.74) is 1.37. The SMILES string of the molecule is CCOc1ccc(-c2nc(CC(=O)CN3CCC(O)C3)co2)cc1OCC. The normalized spacial score (nSPS) is 17.2. The number of oxazole rings is 1. The van der Waals surface area contributed by atoms with Crippen LogP contribution in [-0.2, 0) is 11.2 Å². The number of aromatic nitrogens is 1. The lowest BCUT2D eigenvalue weighted by Gasteiger charge is -2.12. The zero-order valence-corrected chi connectivity index (χ0v) is 15.8. The average Bonchev–Trinajstić information content (AvgIpc) is 3.26. The minimum absolute atomic E-state index is 0.0608. The number of likely N-dealkylation sites (tertiary alicyclic amines) is 1. The molecular weight excluding hydrogens is 348 g/mol. The van der Waals surface area contributed by atoms with Crippen LogP contribution in [0.2, 0.25) is 0 Å². The molecule has 1 fully saturated rings. The molecule has 1 aromatic heterocycles. The number of Topliss-reactive ketones (excluding diaryl/α,β-unsaturated/α-hetero) is 1. The van der Waals surface area contributed by atoms with Gasteiger partial charge in [-0.15, -0.1) is 0 Å². The maximum Gasteiger partial charge on any atom is 0.226 e. The van der Waals surface area contributed by atoms with Crippen LogP contribution < -0.4 is 9.47 Å². The lowest BCUT2D eigenvalue weighted by atomic mass is 10.2. The molecule has 1 aliphatic heterocycles. The van der Waals surface area contributed by atoms with Crippen LogP contribution in [0.3, 0.4) is 0 Å². The molecule has 7 heteroatoms. The molecular formula is C20H26N2O5. The Bertz CT molecular complexity index is 773. The molecule has 0 bridgehead atoms. The van der Waals surface area contributed by atoms with Crippen molar-refractivity contribution in [3.63, 3.8) is 0 Å². The molecule has 0 spiro atoms. The number of β-amino-alcohol motifs (C(OH)–C–C–N with tert-alkyl or cyclic N) is 1. The number of carbonyl (C=O) groups excluding carboxylic acids is 1. The second-order valence-electron chi connectivity index (χ2n) is 6.56. The zero-order valence-electron chi connectivity index (χ0n) is 15.8. The molecule has 1 unspecified atom stereocenters. The van der Waals surface area contributed by atoms with E-state index in [1.54, 1.807) is 0 Å². The van der Waals surface area contributed by atoms with Crippen molar-refractivity contribution in [1.82, 2.24) is 9.88 Å². The van der Waals surface area contributed by atoms with Crippen molar-refractivity contribution in [2.45, 2.75) is 32.8 Å². The number of nitrogens with zero attached hydrogens (tertiary/aromatic N) is 2. The van der Waals surface area contributed by atoms with Crippen LogP contribution in [0.1, 0.15) is 26.0 Å². The first kappa shape index (κ1) is 19.4. The highest BCUT2D eigenvalue weighted by atomic mass is 16.5. The fraction of sp³-hybridized carbons (Fsp3) is 0.500. The van der Waals surface area contributed by atoms with Gasteiger partial charge >= 0.3 is 0 Å². The van der Waals surface area contributed by atoms with Gasteiger partial charge in [0.15, 0.2) is 17.3 Å². The minimum Gasteiger partial charge on any atom is -0.490 e. The van der Waals surface area contributed by atoms with Crippen LogP contribution in [0.5, 0.6) is 11.5 Å². The summed E-state index contributed by atoms with van der Waals surface area (Å²) in [6.07, 6.45) is 2.13. The third kappa shape index (κ3) is 5.08. The Hall–Kier alpha value is -2.38. The van der Waals surface area contributed by atoms with Crippen molar-refractivity contribution in [1.29, 1.82) is 0 Å². The van der Waals surface area contributed by atoms with E-state index in [0.29, 0.717) is 49.4 Å². The summed E-state index contributed by atoms with van der Waals surface area (Å²) in [4.78, 5) is 18.6. The highest BCUT2D eigenvalue weighted by Gasteiger charge is 2.22. The van der Waals surface area contributed by atoms with Gasteiger partial charge in [0, 0.05) is 18.7 Å². The van der Waals surface area contributed by atoms with Gasteiger partial charge in [-0.1, -0.05) is 0 Å². The quantitative estimate of drug-likeness (QED) is 0.721. The lowest BCUT2D eigenvalue weighted by Crippen LogP contribution is -2.29. The van der Waals surface area contributed by atoms with Gasteiger partial charge in [0.05, 0.1) is 38.0 Å². The Morgan fingerprint density at radius 3 is 2.78 bits per heavy atom. The molecule has 0 saturated carbocycles. The van der Waals surface area contributed by atoms with Gasteiger partial charge in [0.2, 0.25) is 5.89 Å². The number of ether oxygens (including phenoxy) is 2. The molecule has 2 heterocycles. The molecule has 1 aliphatic rings. The Morgan fingerprint density at radius 2 is 2.07 bits per heavy atom. The van der Waals surface area contributed by atoms with Crippen LogP contribution in [0.4, 0.5) is 0 Å². The van der Waals surface area contributed by atoms with Crippen LogP contribution in [0, 0.1) is 0 Å². The summed E-state index contributed by atoms with van der Waals surface area (Å²) in [6, 6.07) is 5.52. The first-order valence-electron chi connectivity index (χ1n) is 9.35. The van der Waals surface area contributed by atoms with Crippen molar-refractivity contribution in [2.75, 3.05) is 32.8 Å². The van der Waals surface area contributed by atoms with E-state index in [1.807, 2.05) is 36.9 Å². The molecule has 1 atom stereocenters. The Labute approximate surface area is 158 Å². The second kappa shape index (κ2) is 9.01. The predicted molar refractivity (Wildman–Crippen MR) is 100 cm³/mol. The Kier molecular flexibility index (Phi) is 6.47. The first-order valence-corrected chi connectivity index (χ1v) is 9.35. The molecule has 1 aromatic carbocycles. The number of hydrogen-bond acceptors (Lipinski definition) is 7. The maximum atomic E-state index is 12.2. The smallest absolute Gasteiger partial charge is 0.226 e. The summed E-state index contributed by atoms with van der Waals surface area (Å²) >= 11 is 0. The fourth-order valence-corrected chi connectivity index (χ4v) is 3.17. The third-order valence-electron chi connectivity index (χ3n) is 4.37. The number of rotatable bonds is 9. The molecule has 0 amide bonds. The number of aliphatic hydroxyl groups excluding tert-OH is 1. The number of aliphatic hydroxyl groups is 1. The van der Waals surface area contributed by atoms with E-state index in [-0.39, 0.29) is 18.3 Å². The van der Waals surface area contributed by atoms with Gasteiger partial charge in [-0.3, -0.25) is 9.69 Å². The van der Waals surface area contributed by atoms with Crippen LogP contribution in [0.15, 0.2) is 28.9 Å². The molecule has 1 N–H and O–H groups in total. The summed E-state index contributed by atoms with van der Waals surface area (Å²) in [5.74, 6) is 1.82. The number of ketones is 1. The summed E-state index contributed by atoms with van der Waals surface area (Å²) < 4.78 is 16.8. The Balaban J connectivity index is 1.66. The van der Waals surface area contributed by atoms with Crippen LogP contribution in [-0.4, -0.2) is 59.7 Å². The van der Waals surface area contributed by atoms with E-state index in [4.69, 9.17) is 13.9 Å². The van der Waals surface area contributed by atoms with Gasteiger partial charge < -0.3 is 19.0 Å². The monoisotopic (exact) mass is 374 g/mol. The molecule has 27 heavy (non-hydrogen) atoms. The molecule has 3 rings (SSSR count). The predicted octanol–water partition coefficient (Wildman–Crippen LogP) is 2.32. The summed E-state index contributed by atoms with van der Waals surface area (Å²) in [5, 5.41) is 9.55. The van der Waals surface area contributed by atoms with E-state index in [0.717, 1.165) is 18.5 Å². The zero-order chi connectivity index (χ0) is 19.2. The van der Waals surface area contributed by atoms with Crippen molar-refractivity contribution < 1.29 is 23.8 Å². The van der Waals surface area contributed by atoms with E-state index < -0.39 is 0 Å². The minimum atomic E-state index is -0.323. The molecule has 0 radical (unpaired) electrons. The van der Waals surface area contributed by atoms with Crippen molar-refractivity contribution in [2.24, 2.45) is 0 Å². The Morgan fingerprint density at radius 1 is 1.30 bits per heavy atom. The lowest BCUT2D eigenvalue weighted by molar-refractivity contribution is -0.119. The van der Waals surface area contributed by atoms with Gasteiger partial charge in [-0.2, -0.15) is 0 Å². The molecule has 2 aromatic rings. The van der Waals surface area contributed by atoms with E-state index >= 15 is 0 Å². The van der Waals surface area contributed by atoms with Crippen molar-refractivity contribution in [3.8, 4) is 23.0 Å². The summed E-state index contributed by atoms with van der Waals surface area (Å²) in [6.45, 7) is 6.56. The highest BCUT2D eigenvalue weighted by molar-refractivity contribution is 5.82. The molecule has 1 saturated heterocycles. The fourth-order valence-electron chi connectivity index (χ4n) is 3.17. The number of carbonyl (C=O) groups is 1. The van der Waals surface area contributed by atoms with Crippen molar-refractivity contribution in [3.05, 3.63) is 30.2 Å². The molecule has 7 nitrogen and oxygen atoms in total. The van der Waals surface area contributed by atoms with E-state index in [1.165, 1.54) is 6.26 Å². The average molecular weight is 374 g/mol. The first-order chi connectivity index (χ1) is 13.1. The van der Waals surface area contributed by atoms with Gasteiger partial charge in [-0.25, -0.2) is 4.98 Å². The standard InChI is InChI=1S/C20H26N2O5/c1-3-25-18-6-5-14(9-19(18)26-4-2)20-21-15(13-27-20)10-17(24)12-22-8-7-16(23)11-22/h5-6,9,13,16,23H,3-4,7-8,10-12H2,1-2H3. The third-order valence-corrected chi connectivity index (χ3v) is 4.37. The summed E-state index contributed by atoms with van der Waals surface area (Å²) in [7, 11) is 0. The number of benzene rings is 1. The van der Waals surface area contributed by atoms with Gasteiger partial charge in [0.1, 0.15) is 6.26 Å². The van der Waals surface area contributed by atoms with Gasteiger partial charge in [0.25, 0.3) is 0 Å². The van der Waals surface area contributed by atoms with E-state index in [9.17, 15) is 9.90 Å². The topological polar surface area (TPSA) is 85.0 Å². The van der Waals surface area contributed by atoms with Gasteiger partial charge in [-0.05, 0) is 38.5 Å². The van der Waals surface area contributed by atoms with Crippen molar-refractivity contribution >= 4 is 5.78 Å². The molecule has 146 valence electrons. The van der Waals surface area contributed by atoms with Crippen LogP contribution >= 0.6 is 0 Å².